The minimum Gasteiger partial charge on any atom is -0.394 e. The highest BCUT2D eigenvalue weighted by atomic mass is 16.4. The van der Waals surface area contributed by atoms with Crippen molar-refractivity contribution in [2.45, 2.75) is 24.4 Å². The summed E-state index contributed by atoms with van der Waals surface area (Å²) in [6, 6.07) is 0. The summed E-state index contributed by atoms with van der Waals surface area (Å²) in [5.41, 5.74) is 0. The summed E-state index contributed by atoms with van der Waals surface area (Å²) < 4.78 is 0. The Labute approximate surface area is 76.1 Å². The number of aliphatic hydroxyl groups excluding tert-OH is 5. The van der Waals surface area contributed by atoms with Gasteiger partial charge in [-0.15, -0.1) is 0 Å². The highest BCUT2D eigenvalue weighted by molar-refractivity contribution is 5.56. The third kappa shape index (κ3) is 4.30. The van der Waals surface area contributed by atoms with Gasteiger partial charge >= 0.3 is 0 Å². The molecule has 0 unspecified atom stereocenters. The van der Waals surface area contributed by atoms with E-state index in [1.807, 2.05) is 0 Å². The maximum Gasteiger partial charge on any atom is 0.151 e. The van der Waals surface area contributed by atoms with E-state index in [1.54, 1.807) is 0 Å². The molecule has 0 saturated carbocycles. The molecule has 0 aliphatic rings. The van der Waals surface area contributed by atoms with Crippen molar-refractivity contribution < 1.29 is 30.3 Å². The van der Waals surface area contributed by atoms with Crippen LogP contribution in [-0.4, -0.2) is 62.8 Å². The first-order chi connectivity index (χ1) is 5.54. The van der Waals surface area contributed by atoms with Crippen LogP contribution in [0, 0.1) is 7.43 Å². The second-order valence-electron chi connectivity index (χ2n) is 2.36. The highest BCUT2D eigenvalue weighted by Gasteiger charge is 2.29. The first-order valence-electron chi connectivity index (χ1n) is 3.33. The highest BCUT2D eigenvalue weighted by Crippen LogP contribution is 2.02. The van der Waals surface area contributed by atoms with Gasteiger partial charge < -0.3 is 30.3 Å². The minimum absolute atomic E-state index is 0. The van der Waals surface area contributed by atoms with Gasteiger partial charge in [0, 0.05) is 7.43 Å². The van der Waals surface area contributed by atoms with Crippen molar-refractivity contribution >= 4 is 6.29 Å². The van der Waals surface area contributed by atoms with Crippen LogP contribution in [0.4, 0.5) is 0 Å². The van der Waals surface area contributed by atoms with Gasteiger partial charge in [0.1, 0.15) is 24.4 Å². The van der Waals surface area contributed by atoms with Crippen molar-refractivity contribution in [1.82, 2.24) is 0 Å². The molecule has 0 rings (SSSR count). The molecule has 6 heteroatoms. The van der Waals surface area contributed by atoms with E-state index in [0.717, 1.165) is 0 Å². The summed E-state index contributed by atoms with van der Waals surface area (Å²) in [6.07, 6.45) is -6.84. The summed E-state index contributed by atoms with van der Waals surface area (Å²) in [4.78, 5) is 9.90. The molecule has 76 valence electrons. The molecule has 5 N–H and O–H groups in total. The molecule has 4 radical (unpaired) electrons. The predicted octanol–water partition coefficient (Wildman–Crippen LogP) is -3.30. The van der Waals surface area contributed by atoms with Gasteiger partial charge in [0.2, 0.25) is 0 Å². The Hall–Kier alpha value is -0.530. The zero-order valence-electron chi connectivity index (χ0n) is 6.74. The Morgan fingerprint density at radius 3 is 1.85 bits per heavy atom. The molecule has 0 fully saturated rings. The van der Waals surface area contributed by atoms with E-state index in [4.69, 9.17) is 25.5 Å². The SMILES string of the molecule is O=C[C@@H](O)[C@H](O)[C@@H](O)[C@@H](O)CO.[C]. The molecule has 0 aliphatic carbocycles. The quantitative estimate of drug-likeness (QED) is 0.291. The molecule has 0 saturated heterocycles. The van der Waals surface area contributed by atoms with Gasteiger partial charge in [-0.1, -0.05) is 0 Å². The number of aldehydes is 1. The van der Waals surface area contributed by atoms with Crippen molar-refractivity contribution in [3.63, 3.8) is 0 Å². The van der Waals surface area contributed by atoms with E-state index in [1.165, 1.54) is 0 Å². The van der Waals surface area contributed by atoms with Crippen LogP contribution in [0.5, 0.6) is 0 Å². The molecule has 6 nitrogen and oxygen atoms in total. The van der Waals surface area contributed by atoms with Crippen LogP contribution in [0.3, 0.4) is 0 Å². The van der Waals surface area contributed by atoms with E-state index < -0.39 is 31.0 Å². The number of rotatable bonds is 5. The standard InChI is InChI=1S/C6H12O6.C/c7-1-3(9)5(11)6(12)4(10)2-8;/h1,3-6,8-12H,2H2;/t3-,4+,5+,6+;/m1./s1. The van der Waals surface area contributed by atoms with Gasteiger partial charge in [-0.25, -0.2) is 0 Å². The van der Waals surface area contributed by atoms with E-state index >= 15 is 0 Å². The zero-order chi connectivity index (χ0) is 9.72. The van der Waals surface area contributed by atoms with Gasteiger partial charge in [0.25, 0.3) is 0 Å². The molecule has 0 aromatic carbocycles. The fourth-order valence-electron chi connectivity index (χ4n) is 0.618. The van der Waals surface area contributed by atoms with E-state index in [-0.39, 0.29) is 13.7 Å². The third-order valence-electron chi connectivity index (χ3n) is 1.42. The molecule has 0 spiro atoms. The molecule has 0 aromatic rings. The van der Waals surface area contributed by atoms with Gasteiger partial charge in [-0.3, -0.25) is 0 Å². The molecule has 13 heavy (non-hydrogen) atoms. The summed E-state index contributed by atoms with van der Waals surface area (Å²) in [7, 11) is 0. The number of hydrogen-bond donors (Lipinski definition) is 5. The smallest absolute Gasteiger partial charge is 0.151 e. The first kappa shape index (κ1) is 15.0. The lowest BCUT2D eigenvalue weighted by Crippen LogP contribution is -2.46. The van der Waals surface area contributed by atoms with Crippen LogP contribution in [0.1, 0.15) is 0 Å². The van der Waals surface area contributed by atoms with Crippen molar-refractivity contribution in [3.8, 4) is 0 Å². The van der Waals surface area contributed by atoms with Crippen LogP contribution in [-0.2, 0) is 4.79 Å². The molecule has 0 heterocycles. The summed E-state index contributed by atoms with van der Waals surface area (Å²) in [5, 5.41) is 43.5. The lowest BCUT2D eigenvalue weighted by molar-refractivity contribution is -0.136. The molecule has 0 amide bonds. The van der Waals surface area contributed by atoms with Crippen molar-refractivity contribution in [2.24, 2.45) is 0 Å². The lowest BCUT2D eigenvalue weighted by Gasteiger charge is -2.22. The largest absolute Gasteiger partial charge is 0.394 e. The average Bonchev–Trinajstić information content (AvgIpc) is 2.12. The second-order valence-corrected chi connectivity index (χ2v) is 2.36. The lowest BCUT2D eigenvalue weighted by atomic mass is 10.0. The van der Waals surface area contributed by atoms with Crippen LogP contribution < -0.4 is 0 Å². The Morgan fingerprint density at radius 2 is 1.54 bits per heavy atom. The maximum atomic E-state index is 9.90. The van der Waals surface area contributed by atoms with Crippen molar-refractivity contribution in [3.05, 3.63) is 7.43 Å². The summed E-state index contributed by atoms with van der Waals surface area (Å²) >= 11 is 0. The van der Waals surface area contributed by atoms with Crippen LogP contribution in [0.2, 0.25) is 0 Å². The zero-order valence-corrected chi connectivity index (χ0v) is 6.74. The van der Waals surface area contributed by atoms with Gasteiger partial charge in [-0.05, 0) is 0 Å². The maximum absolute atomic E-state index is 9.90. The Bertz CT molecular complexity index is 139. The van der Waals surface area contributed by atoms with Gasteiger partial charge in [0.15, 0.2) is 6.29 Å². The molecule has 4 atom stereocenters. The number of carbonyl (C=O) groups is 1. The van der Waals surface area contributed by atoms with E-state index in [2.05, 4.69) is 0 Å². The summed E-state index contributed by atoms with van der Waals surface area (Å²) in [5.74, 6) is 0. The van der Waals surface area contributed by atoms with Crippen LogP contribution >= 0.6 is 0 Å². The van der Waals surface area contributed by atoms with E-state index in [0.29, 0.717) is 0 Å². The van der Waals surface area contributed by atoms with Crippen LogP contribution in [0.15, 0.2) is 0 Å². The average molecular weight is 192 g/mol. The fraction of sp³-hybridized carbons (Fsp3) is 0.714. The Balaban J connectivity index is 0. The van der Waals surface area contributed by atoms with Crippen LogP contribution in [0.25, 0.3) is 0 Å². The molecule has 0 aromatic heterocycles. The molecular formula is C7H12O6. The number of hydrogen-bond acceptors (Lipinski definition) is 6. The first-order valence-corrected chi connectivity index (χ1v) is 3.33. The molecule has 0 aliphatic heterocycles. The Kier molecular flexibility index (Phi) is 7.98. The number of carbonyl (C=O) groups excluding carboxylic acids is 1. The molecular weight excluding hydrogens is 180 g/mol. The monoisotopic (exact) mass is 192 g/mol. The predicted molar refractivity (Wildman–Crippen MR) is 40.4 cm³/mol. The summed E-state index contributed by atoms with van der Waals surface area (Å²) in [6.45, 7) is -0.760. The number of aliphatic hydroxyl groups is 5. The van der Waals surface area contributed by atoms with Gasteiger partial charge in [0.05, 0.1) is 6.61 Å². The molecule has 0 bridgehead atoms. The topological polar surface area (TPSA) is 118 Å². The van der Waals surface area contributed by atoms with Gasteiger partial charge in [-0.2, -0.15) is 0 Å². The van der Waals surface area contributed by atoms with E-state index in [9.17, 15) is 4.79 Å². The minimum atomic E-state index is -1.79. The Morgan fingerprint density at radius 1 is 1.08 bits per heavy atom. The normalized spacial score (nSPS) is 19.5. The van der Waals surface area contributed by atoms with Crippen molar-refractivity contribution in [2.75, 3.05) is 6.61 Å². The second kappa shape index (κ2) is 6.93. The fourth-order valence-corrected chi connectivity index (χ4v) is 0.618. The third-order valence-corrected chi connectivity index (χ3v) is 1.42. The van der Waals surface area contributed by atoms with Crippen molar-refractivity contribution in [1.29, 1.82) is 0 Å².